The number of likely N-dealkylation sites (tertiary alicyclic amines) is 1. The fraction of sp³-hybridized carbons (Fsp3) is 0.733. The number of carbonyl (C=O) groups is 1. The van der Waals surface area contributed by atoms with Crippen molar-refractivity contribution in [1.29, 1.82) is 0 Å². The average Bonchev–Trinajstić information content (AvgIpc) is 3.20. The third-order valence-electron chi connectivity index (χ3n) is 5.38. The van der Waals surface area contributed by atoms with E-state index in [0.29, 0.717) is 11.9 Å². The van der Waals surface area contributed by atoms with Crippen LogP contribution in [0.5, 0.6) is 0 Å². The predicted molar refractivity (Wildman–Crippen MR) is 82.4 cm³/mol. The Labute approximate surface area is 131 Å². The highest BCUT2D eigenvalue weighted by Gasteiger charge is 2.45. The number of aryl methyl sites for hydroxylation is 1. The molecule has 2 aliphatic heterocycles. The fourth-order valence-corrected chi connectivity index (χ4v) is 4.33. The van der Waals surface area contributed by atoms with Gasteiger partial charge in [-0.05, 0) is 30.7 Å². The molecule has 116 valence electrons. The van der Waals surface area contributed by atoms with E-state index in [4.69, 9.17) is 0 Å². The number of rotatable bonds is 2. The first-order valence-electron chi connectivity index (χ1n) is 7.72. The highest BCUT2D eigenvalue weighted by atomic mass is 35.5. The summed E-state index contributed by atoms with van der Waals surface area (Å²) in [6.45, 7) is 2.70. The molecule has 4 atom stereocenters. The standard InChI is InChI=1S/C15H22N4O.ClH/c1-18-9-11(5-17-18)13-6-16-7-14(13)15(20)19-8-10-2-3-12(19)4-10;/h5,9-10,12-14,16H,2-4,6-8H2,1H3;1H/t10?,12?,13-,14+;/m1./s1. The van der Waals surface area contributed by atoms with Crippen molar-refractivity contribution in [1.82, 2.24) is 20.0 Å². The van der Waals surface area contributed by atoms with E-state index < -0.39 is 0 Å². The Kier molecular flexibility index (Phi) is 3.97. The molecular formula is C15H23ClN4O. The van der Waals surface area contributed by atoms with Gasteiger partial charge in [0.15, 0.2) is 0 Å². The summed E-state index contributed by atoms with van der Waals surface area (Å²) < 4.78 is 1.83. The molecule has 2 unspecified atom stereocenters. The maximum atomic E-state index is 12.9. The van der Waals surface area contributed by atoms with Crippen LogP contribution in [-0.2, 0) is 11.8 Å². The lowest BCUT2D eigenvalue weighted by atomic mass is 9.89. The zero-order valence-electron chi connectivity index (χ0n) is 12.4. The van der Waals surface area contributed by atoms with Crippen molar-refractivity contribution in [3.05, 3.63) is 18.0 Å². The van der Waals surface area contributed by atoms with Gasteiger partial charge >= 0.3 is 0 Å². The lowest BCUT2D eigenvalue weighted by molar-refractivity contribution is -0.137. The van der Waals surface area contributed by atoms with E-state index in [-0.39, 0.29) is 24.2 Å². The Morgan fingerprint density at radius 3 is 2.86 bits per heavy atom. The zero-order valence-corrected chi connectivity index (χ0v) is 13.2. The van der Waals surface area contributed by atoms with E-state index in [1.807, 2.05) is 24.1 Å². The van der Waals surface area contributed by atoms with E-state index in [1.165, 1.54) is 24.8 Å². The van der Waals surface area contributed by atoms with Gasteiger partial charge in [-0.25, -0.2) is 0 Å². The number of aromatic nitrogens is 2. The number of amides is 1. The molecule has 6 heteroatoms. The number of nitrogens with zero attached hydrogens (tertiary/aromatic N) is 3. The van der Waals surface area contributed by atoms with Crippen LogP contribution in [-0.4, -0.2) is 46.3 Å². The van der Waals surface area contributed by atoms with Gasteiger partial charge in [-0.15, -0.1) is 12.4 Å². The summed E-state index contributed by atoms with van der Waals surface area (Å²) in [7, 11) is 1.93. The minimum Gasteiger partial charge on any atom is -0.339 e. The summed E-state index contributed by atoms with van der Waals surface area (Å²) in [5, 5.41) is 7.65. The molecule has 3 heterocycles. The molecule has 21 heavy (non-hydrogen) atoms. The van der Waals surface area contributed by atoms with Crippen LogP contribution < -0.4 is 5.32 Å². The molecule has 0 spiro atoms. The van der Waals surface area contributed by atoms with Crippen molar-refractivity contribution in [2.75, 3.05) is 19.6 Å². The Hall–Kier alpha value is -1.07. The second kappa shape index (κ2) is 5.61. The quantitative estimate of drug-likeness (QED) is 0.892. The van der Waals surface area contributed by atoms with Crippen LogP contribution in [0.1, 0.15) is 30.7 Å². The molecule has 1 aromatic rings. The molecule has 1 N–H and O–H groups in total. The second-order valence-corrected chi connectivity index (χ2v) is 6.64. The van der Waals surface area contributed by atoms with Gasteiger partial charge in [-0.1, -0.05) is 0 Å². The lowest BCUT2D eigenvalue weighted by Crippen LogP contribution is -2.43. The molecule has 1 saturated carbocycles. The van der Waals surface area contributed by atoms with Crippen molar-refractivity contribution in [3.63, 3.8) is 0 Å². The Morgan fingerprint density at radius 2 is 2.24 bits per heavy atom. The first kappa shape index (κ1) is 14.9. The van der Waals surface area contributed by atoms with Crippen LogP contribution in [0.3, 0.4) is 0 Å². The van der Waals surface area contributed by atoms with Crippen LogP contribution >= 0.6 is 12.4 Å². The van der Waals surface area contributed by atoms with Crippen molar-refractivity contribution in [3.8, 4) is 0 Å². The monoisotopic (exact) mass is 310 g/mol. The lowest BCUT2D eigenvalue weighted by Gasteiger charge is -2.31. The maximum absolute atomic E-state index is 12.9. The van der Waals surface area contributed by atoms with Gasteiger partial charge in [-0.2, -0.15) is 5.10 Å². The van der Waals surface area contributed by atoms with E-state index in [9.17, 15) is 4.79 Å². The first-order valence-corrected chi connectivity index (χ1v) is 7.72. The predicted octanol–water partition coefficient (Wildman–Crippen LogP) is 1.16. The van der Waals surface area contributed by atoms with Crippen molar-refractivity contribution in [2.45, 2.75) is 31.2 Å². The Bertz CT molecular complexity index is 531. The molecule has 3 fully saturated rings. The summed E-state index contributed by atoms with van der Waals surface area (Å²) in [4.78, 5) is 15.1. The van der Waals surface area contributed by atoms with Crippen LogP contribution in [0.2, 0.25) is 0 Å². The number of hydrogen-bond acceptors (Lipinski definition) is 3. The van der Waals surface area contributed by atoms with Gasteiger partial charge in [0, 0.05) is 44.8 Å². The Balaban J connectivity index is 0.00000132. The summed E-state index contributed by atoms with van der Waals surface area (Å²) in [6.07, 6.45) is 7.74. The average molecular weight is 311 g/mol. The fourth-order valence-electron chi connectivity index (χ4n) is 4.33. The topological polar surface area (TPSA) is 50.2 Å². The molecule has 1 aromatic heterocycles. The van der Waals surface area contributed by atoms with Crippen LogP contribution in [0.4, 0.5) is 0 Å². The number of carbonyl (C=O) groups excluding carboxylic acids is 1. The zero-order chi connectivity index (χ0) is 13.7. The number of hydrogen-bond donors (Lipinski definition) is 1. The van der Waals surface area contributed by atoms with Gasteiger partial charge in [0.05, 0.1) is 12.1 Å². The SMILES string of the molecule is Cl.Cn1cc([C@H]2CNC[C@@H]2C(=O)N2CC3CCC2C3)cn1. The molecule has 0 radical (unpaired) electrons. The van der Waals surface area contributed by atoms with Crippen molar-refractivity contribution in [2.24, 2.45) is 18.9 Å². The van der Waals surface area contributed by atoms with Gasteiger partial charge in [0.2, 0.25) is 5.91 Å². The molecule has 4 rings (SSSR count). The van der Waals surface area contributed by atoms with Gasteiger partial charge in [0.25, 0.3) is 0 Å². The molecular weight excluding hydrogens is 288 g/mol. The third kappa shape index (κ3) is 2.46. The number of nitrogens with one attached hydrogen (secondary N) is 1. The summed E-state index contributed by atoms with van der Waals surface area (Å²) in [6, 6.07) is 0.530. The normalized spacial score (nSPS) is 34.2. The van der Waals surface area contributed by atoms with E-state index in [0.717, 1.165) is 25.6 Å². The first-order chi connectivity index (χ1) is 9.72. The highest BCUT2D eigenvalue weighted by molar-refractivity contribution is 5.85. The summed E-state index contributed by atoms with van der Waals surface area (Å²) in [5.41, 5.74) is 1.19. The number of halogens is 1. The van der Waals surface area contributed by atoms with Crippen LogP contribution in [0, 0.1) is 11.8 Å². The molecule has 2 bridgehead atoms. The summed E-state index contributed by atoms with van der Waals surface area (Å²) >= 11 is 0. The maximum Gasteiger partial charge on any atom is 0.227 e. The third-order valence-corrected chi connectivity index (χ3v) is 5.38. The molecule has 1 amide bonds. The van der Waals surface area contributed by atoms with E-state index in [1.54, 1.807) is 0 Å². The van der Waals surface area contributed by atoms with E-state index >= 15 is 0 Å². The van der Waals surface area contributed by atoms with Crippen molar-refractivity contribution < 1.29 is 4.79 Å². The van der Waals surface area contributed by atoms with Crippen LogP contribution in [0.15, 0.2) is 12.4 Å². The minimum atomic E-state index is 0. The molecule has 3 aliphatic rings. The number of fused-ring (bicyclic) bond motifs is 2. The number of piperidine rings is 1. The van der Waals surface area contributed by atoms with Gasteiger partial charge < -0.3 is 10.2 Å². The largest absolute Gasteiger partial charge is 0.339 e. The van der Waals surface area contributed by atoms with Crippen LogP contribution in [0.25, 0.3) is 0 Å². The van der Waals surface area contributed by atoms with Gasteiger partial charge in [0.1, 0.15) is 0 Å². The summed E-state index contributed by atoms with van der Waals surface area (Å²) in [5.74, 6) is 1.53. The molecule has 2 saturated heterocycles. The highest BCUT2D eigenvalue weighted by Crippen LogP contribution is 2.40. The second-order valence-electron chi connectivity index (χ2n) is 6.64. The Morgan fingerprint density at radius 1 is 1.38 bits per heavy atom. The molecule has 5 nitrogen and oxygen atoms in total. The minimum absolute atomic E-state index is 0. The molecule has 1 aliphatic carbocycles. The van der Waals surface area contributed by atoms with E-state index in [2.05, 4.69) is 15.3 Å². The smallest absolute Gasteiger partial charge is 0.227 e. The van der Waals surface area contributed by atoms with Gasteiger partial charge in [-0.3, -0.25) is 9.48 Å². The molecule has 0 aromatic carbocycles. The van der Waals surface area contributed by atoms with Crippen molar-refractivity contribution >= 4 is 18.3 Å².